The number of amides is 3. The predicted molar refractivity (Wildman–Crippen MR) is 122 cm³/mol. The Morgan fingerprint density at radius 3 is 2.47 bits per heavy atom. The zero-order valence-corrected chi connectivity index (χ0v) is 18.8. The van der Waals surface area contributed by atoms with E-state index in [0.29, 0.717) is 5.56 Å². The lowest BCUT2D eigenvalue weighted by Gasteiger charge is -2.31. The Bertz CT molecular complexity index is 1140. The first-order valence-electron chi connectivity index (χ1n) is 11.2. The van der Waals surface area contributed by atoms with E-state index in [1.165, 1.54) is 30.7 Å². The minimum atomic E-state index is -1.19. The second kappa shape index (κ2) is 10.4. The molecule has 34 heavy (non-hydrogen) atoms. The third kappa shape index (κ3) is 5.19. The molecule has 2 N–H and O–H groups in total. The van der Waals surface area contributed by atoms with Crippen LogP contribution < -0.4 is 15.5 Å². The molecular formula is C25H26FN3O5. The van der Waals surface area contributed by atoms with E-state index >= 15 is 0 Å². The number of nitrogens with zero attached hydrogens (tertiary/aromatic N) is 1. The first-order valence-corrected chi connectivity index (χ1v) is 11.2. The van der Waals surface area contributed by atoms with Gasteiger partial charge < -0.3 is 19.5 Å². The van der Waals surface area contributed by atoms with Gasteiger partial charge in [-0.25, -0.2) is 4.39 Å². The van der Waals surface area contributed by atoms with Gasteiger partial charge in [0.25, 0.3) is 11.8 Å². The number of hydrogen-bond acceptors (Lipinski definition) is 5. The maximum atomic E-state index is 14.5. The molecule has 0 spiro atoms. The van der Waals surface area contributed by atoms with Crippen molar-refractivity contribution in [3.63, 3.8) is 0 Å². The number of nitrogens with one attached hydrogen (secondary N) is 2. The molecule has 1 aliphatic carbocycles. The van der Waals surface area contributed by atoms with E-state index in [1.54, 1.807) is 31.2 Å². The van der Waals surface area contributed by atoms with Gasteiger partial charge in [-0.1, -0.05) is 18.9 Å². The quantitative estimate of drug-likeness (QED) is 0.523. The van der Waals surface area contributed by atoms with Gasteiger partial charge in [0.15, 0.2) is 11.8 Å². The Kier molecular flexibility index (Phi) is 7.10. The van der Waals surface area contributed by atoms with Crippen LogP contribution in [-0.4, -0.2) is 30.3 Å². The van der Waals surface area contributed by atoms with Crippen LogP contribution in [0.3, 0.4) is 0 Å². The summed E-state index contributed by atoms with van der Waals surface area (Å²) in [5.74, 6) is -1.90. The minimum Gasteiger partial charge on any atom is -0.467 e. The second-order valence-corrected chi connectivity index (χ2v) is 8.27. The number of rotatable bonds is 8. The summed E-state index contributed by atoms with van der Waals surface area (Å²) in [6.07, 6.45) is 6.48. The van der Waals surface area contributed by atoms with Crippen molar-refractivity contribution in [2.45, 2.75) is 44.7 Å². The maximum absolute atomic E-state index is 14.5. The Hall–Kier alpha value is -3.88. The molecule has 0 saturated heterocycles. The first-order chi connectivity index (χ1) is 16.4. The Morgan fingerprint density at radius 2 is 1.82 bits per heavy atom. The molecule has 1 aromatic carbocycles. The number of furan rings is 2. The molecule has 1 saturated carbocycles. The average molecular weight is 467 g/mol. The minimum absolute atomic E-state index is 0.00433. The van der Waals surface area contributed by atoms with E-state index < -0.39 is 36.1 Å². The maximum Gasteiger partial charge on any atom is 0.287 e. The van der Waals surface area contributed by atoms with Gasteiger partial charge in [-0.05, 0) is 61.7 Å². The summed E-state index contributed by atoms with van der Waals surface area (Å²) in [4.78, 5) is 40.3. The zero-order chi connectivity index (χ0) is 24.1. The van der Waals surface area contributed by atoms with Gasteiger partial charge in [-0.15, -0.1) is 0 Å². The van der Waals surface area contributed by atoms with Crippen molar-refractivity contribution in [3.05, 3.63) is 77.9 Å². The van der Waals surface area contributed by atoms with Crippen molar-refractivity contribution in [1.29, 1.82) is 0 Å². The molecule has 3 aromatic rings. The fourth-order valence-electron chi connectivity index (χ4n) is 4.08. The van der Waals surface area contributed by atoms with Crippen molar-refractivity contribution in [2.75, 3.05) is 11.4 Å². The van der Waals surface area contributed by atoms with Gasteiger partial charge in [0, 0.05) is 11.7 Å². The highest BCUT2D eigenvalue weighted by molar-refractivity contribution is 6.04. The first kappa shape index (κ1) is 23.3. The second-order valence-electron chi connectivity index (χ2n) is 8.27. The number of carbonyl (C=O) groups is 3. The van der Waals surface area contributed by atoms with Crippen molar-refractivity contribution in [3.8, 4) is 0 Å². The lowest BCUT2D eigenvalue weighted by molar-refractivity contribution is -0.127. The number of aryl methyl sites for hydroxylation is 1. The molecule has 8 nitrogen and oxygen atoms in total. The molecule has 1 atom stereocenters. The lowest BCUT2D eigenvalue weighted by atomic mass is 10.1. The fourth-order valence-corrected chi connectivity index (χ4v) is 4.08. The molecule has 178 valence electrons. The lowest BCUT2D eigenvalue weighted by Crippen LogP contribution is -2.49. The molecular weight excluding hydrogens is 441 g/mol. The summed E-state index contributed by atoms with van der Waals surface area (Å²) in [7, 11) is 0. The largest absolute Gasteiger partial charge is 0.467 e. The average Bonchev–Trinajstić information content (AvgIpc) is 3.61. The molecule has 2 aromatic heterocycles. The van der Waals surface area contributed by atoms with Gasteiger partial charge in [-0.3, -0.25) is 19.3 Å². The standard InChI is InChI=1S/C25H26FN3O5/c1-16-10-11-18(14-19(16)26)29(22(30)15-27-24(31)21-9-5-13-34-21)23(20-8-4-12-33-20)25(32)28-17-6-2-3-7-17/h4-5,8-14,17,23H,2-3,6-7,15H2,1H3,(H,27,31)(H,28,32). The SMILES string of the molecule is Cc1ccc(N(C(=O)CNC(=O)c2ccco2)C(C(=O)NC2CCCC2)c2ccco2)cc1F. The monoisotopic (exact) mass is 467 g/mol. The molecule has 0 aliphatic heterocycles. The van der Waals surface area contributed by atoms with Crippen molar-refractivity contribution >= 4 is 23.4 Å². The van der Waals surface area contributed by atoms with Crippen LogP contribution in [0.25, 0.3) is 0 Å². The highest BCUT2D eigenvalue weighted by atomic mass is 19.1. The highest BCUT2D eigenvalue weighted by Gasteiger charge is 2.36. The predicted octanol–water partition coefficient (Wildman–Crippen LogP) is 3.88. The summed E-state index contributed by atoms with van der Waals surface area (Å²) in [5.41, 5.74) is 0.565. The van der Waals surface area contributed by atoms with Crippen LogP contribution >= 0.6 is 0 Å². The Balaban J connectivity index is 1.66. The van der Waals surface area contributed by atoms with Gasteiger partial charge in [0.2, 0.25) is 5.91 Å². The third-order valence-corrected chi connectivity index (χ3v) is 5.87. The summed E-state index contributed by atoms with van der Waals surface area (Å²) < 4.78 is 25.1. The molecule has 9 heteroatoms. The van der Waals surface area contributed by atoms with E-state index in [9.17, 15) is 18.8 Å². The van der Waals surface area contributed by atoms with E-state index in [1.807, 2.05) is 0 Å². The van der Waals surface area contributed by atoms with E-state index in [0.717, 1.165) is 30.6 Å². The Morgan fingerprint density at radius 1 is 1.09 bits per heavy atom. The summed E-state index contributed by atoms with van der Waals surface area (Å²) >= 11 is 0. The van der Waals surface area contributed by atoms with Gasteiger partial charge in [-0.2, -0.15) is 0 Å². The van der Waals surface area contributed by atoms with E-state index in [2.05, 4.69) is 10.6 Å². The van der Waals surface area contributed by atoms with Crippen LogP contribution in [0.5, 0.6) is 0 Å². The topological polar surface area (TPSA) is 105 Å². The summed E-state index contributed by atoms with van der Waals surface area (Å²) in [6.45, 7) is 1.16. The number of carbonyl (C=O) groups excluding carboxylic acids is 3. The molecule has 4 rings (SSSR count). The molecule has 0 radical (unpaired) electrons. The van der Waals surface area contributed by atoms with Crippen molar-refractivity contribution in [1.82, 2.24) is 10.6 Å². The van der Waals surface area contributed by atoms with Crippen LogP contribution in [0.2, 0.25) is 0 Å². The Labute approximate surface area is 196 Å². The van der Waals surface area contributed by atoms with Crippen LogP contribution in [0.1, 0.15) is 53.6 Å². The zero-order valence-electron chi connectivity index (χ0n) is 18.8. The van der Waals surface area contributed by atoms with Crippen LogP contribution in [0, 0.1) is 12.7 Å². The third-order valence-electron chi connectivity index (χ3n) is 5.87. The normalized spacial score (nSPS) is 14.5. The number of benzene rings is 1. The number of halogens is 1. The van der Waals surface area contributed by atoms with Gasteiger partial charge in [0.05, 0.1) is 19.1 Å². The van der Waals surface area contributed by atoms with Gasteiger partial charge in [0.1, 0.15) is 11.6 Å². The van der Waals surface area contributed by atoms with Gasteiger partial charge >= 0.3 is 0 Å². The highest BCUT2D eigenvalue weighted by Crippen LogP contribution is 2.30. The van der Waals surface area contributed by atoms with Crippen LogP contribution in [0.4, 0.5) is 10.1 Å². The number of hydrogen-bond donors (Lipinski definition) is 2. The molecule has 1 unspecified atom stereocenters. The fraction of sp³-hybridized carbons (Fsp3) is 0.320. The van der Waals surface area contributed by atoms with Crippen LogP contribution in [-0.2, 0) is 9.59 Å². The van der Waals surface area contributed by atoms with E-state index in [-0.39, 0.29) is 23.2 Å². The van der Waals surface area contributed by atoms with Crippen molar-refractivity contribution < 1.29 is 27.6 Å². The van der Waals surface area contributed by atoms with E-state index in [4.69, 9.17) is 8.83 Å². The van der Waals surface area contributed by atoms with Crippen molar-refractivity contribution in [2.24, 2.45) is 0 Å². The molecule has 0 bridgehead atoms. The van der Waals surface area contributed by atoms with Crippen LogP contribution in [0.15, 0.2) is 63.8 Å². The number of anilines is 1. The summed E-state index contributed by atoms with van der Waals surface area (Å²) in [5, 5.41) is 5.49. The smallest absolute Gasteiger partial charge is 0.287 e. The molecule has 1 aliphatic rings. The molecule has 1 fully saturated rings. The summed E-state index contributed by atoms with van der Waals surface area (Å²) in [6, 6.07) is 9.31. The molecule has 3 amide bonds. The molecule has 2 heterocycles.